The lowest BCUT2D eigenvalue weighted by Crippen LogP contribution is -2.58. The van der Waals surface area contributed by atoms with Gasteiger partial charge in [0.15, 0.2) is 0 Å². The van der Waals surface area contributed by atoms with Crippen LogP contribution in [0.1, 0.15) is 40.0 Å². The van der Waals surface area contributed by atoms with E-state index in [-0.39, 0.29) is 0 Å². The Kier molecular flexibility index (Phi) is 3.68. The van der Waals surface area contributed by atoms with Gasteiger partial charge in [-0.25, -0.2) is 0 Å². The molecule has 3 atom stereocenters. The third kappa shape index (κ3) is 2.54. The van der Waals surface area contributed by atoms with E-state index in [2.05, 4.69) is 31.0 Å². The minimum absolute atomic E-state index is 0.681. The van der Waals surface area contributed by atoms with E-state index in [1.165, 1.54) is 38.9 Å². The molecule has 0 aromatic heterocycles. The summed E-state index contributed by atoms with van der Waals surface area (Å²) < 4.78 is 0. The van der Waals surface area contributed by atoms with Crippen LogP contribution in [-0.4, -0.2) is 36.6 Å². The number of hydrogen-bond donors (Lipinski definition) is 1. The first-order chi connectivity index (χ1) is 7.20. The molecule has 0 spiro atoms. The highest BCUT2D eigenvalue weighted by molar-refractivity contribution is 4.92. The fourth-order valence-corrected chi connectivity index (χ4v) is 3.01. The number of nitrogens with zero attached hydrogens (tertiary/aromatic N) is 1. The third-order valence-corrected chi connectivity index (χ3v) is 4.63. The lowest BCUT2D eigenvalue weighted by atomic mass is 9.83. The van der Waals surface area contributed by atoms with Crippen molar-refractivity contribution in [2.24, 2.45) is 11.8 Å². The molecule has 1 N–H and O–H groups in total. The second-order valence-electron chi connectivity index (χ2n) is 5.59. The Morgan fingerprint density at radius 2 is 1.93 bits per heavy atom. The molecular weight excluding hydrogens is 184 g/mol. The van der Waals surface area contributed by atoms with E-state index >= 15 is 0 Å². The molecular formula is C13H26N2. The molecule has 2 bridgehead atoms. The molecule has 0 aromatic rings. The molecule has 3 rings (SSSR count). The fraction of sp³-hybridized carbons (Fsp3) is 1.00. The lowest BCUT2D eigenvalue weighted by molar-refractivity contribution is 0.0643. The molecule has 15 heavy (non-hydrogen) atoms. The summed E-state index contributed by atoms with van der Waals surface area (Å²) in [5.41, 5.74) is 0. The van der Waals surface area contributed by atoms with Gasteiger partial charge in [-0.2, -0.15) is 0 Å². The number of rotatable bonds is 4. The maximum absolute atomic E-state index is 3.86. The first-order valence-corrected chi connectivity index (χ1v) is 6.69. The summed E-state index contributed by atoms with van der Waals surface area (Å²) in [7, 11) is 0. The highest BCUT2D eigenvalue weighted by Gasteiger charge is 2.34. The molecule has 0 aliphatic carbocycles. The van der Waals surface area contributed by atoms with Gasteiger partial charge >= 0.3 is 0 Å². The van der Waals surface area contributed by atoms with Crippen molar-refractivity contribution in [1.82, 2.24) is 10.2 Å². The van der Waals surface area contributed by atoms with Crippen molar-refractivity contribution < 1.29 is 0 Å². The molecule has 2 nitrogen and oxygen atoms in total. The number of hydrogen-bond acceptors (Lipinski definition) is 2. The van der Waals surface area contributed by atoms with E-state index in [0.29, 0.717) is 6.04 Å². The van der Waals surface area contributed by atoms with Crippen molar-refractivity contribution >= 4 is 0 Å². The second-order valence-corrected chi connectivity index (χ2v) is 5.59. The standard InChI is InChI=1S/C13H26N2/c1-4-10(2)11(3)14-13-9-15-7-5-12(13)6-8-15/h10-14H,4-9H2,1-3H3. The summed E-state index contributed by atoms with van der Waals surface area (Å²) in [5.74, 6) is 1.77. The largest absolute Gasteiger partial charge is 0.310 e. The molecule has 0 saturated carbocycles. The lowest BCUT2D eigenvalue weighted by Gasteiger charge is -2.46. The summed E-state index contributed by atoms with van der Waals surface area (Å²) in [4.78, 5) is 2.63. The van der Waals surface area contributed by atoms with Gasteiger partial charge in [0, 0.05) is 18.6 Å². The molecule has 0 aromatic carbocycles. The predicted molar refractivity (Wildman–Crippen MR) is 65.0 cm³/mol. The monoisotopic (exact) mass is 210 g/mol. The van der Waals surface area contributed by atoms with Gasteiger partial charge in [0.05, 0.1) is 0 Å². The van der Waals surface area contributed by atoms with Crippen LogP contribution < -0.4 is 5.32 Å². The highest BCUT2D eigenvalue weighted by atomic mass is 15.2. The van der Waals surface area contributed by atoms with Crippen LogP contribution in [0, 0.1) is 11.8 Å². The van der Waals surface area contributed by atoms with Crippen molar-refractivity contribution in [3.8, 4) is 0 Å². The Hall–Kier alpha value is -0.0800. The van der Waals surface area contributed by atoms with Gasteiger partial charge in [-0.3, -0.25) is 0 Å². The summed E-state index contributed by atoms with van der Waals surface area (Å²) in [6, 6.07) is 1.46. The highest BCUT2D eigenvalue weighted by Crippen LogP contribution is 2.28. The zero-order valence-electron chi connectivity index (χ0n) is 10.5. The third-order valence-electron chi connectivity index (χ3n) is 4.63. The van der Waals surface area contributed by atoms with Gasteiger partial charge in [0.25, 0.3) is 0 Å². The van der Waals surface area contributed by atoms with Crippen LogP contribution >= 0.6 is 0 Å². The molecule has 88 valence electrons. The number of fused-ring (bicyclic) bond motifs is 3. The SMILES string of the molecule is CCC(C)C(C)NC1CN2CCC1CC2. The van der Waals surface area contributed by atoms with E-state index in [0.717, 1.165) is 17.9 Å². The molecule has 2 heteroatoms. The molecule has 0 amide bonds. The summed E-state index contributed by atoms with van der Waals surface area (Å²) in [6.07, 6.45) is 4.13. The predicted octanol–water partition coefficient (Wildman–Crippen LogP) is 2.10. The molecule has 3 heterocycles. The van der Waals surface area contributed by atoms with E-state index in [1.54, 1.807) is 0 Å². The van der Waals surface area contributed by atoms with Crippen molar-refractivity contribution in [2.75, 3.05) is 19.6 Å². The van der Waals surface area contributed by atoms with Crippen LogP contribution in [0.2, 0.25) is 0 Å². The molecule has 3 saturated heterocycles. The van der Waals surface area contributed by atoms with Crippen LogP contribution in [0.25, 0.3) is 0 Å². The smallest absolute Gasteiger partial charge is 0.0226 e. The Morgan fingerprint density at radius 1 is 1.27 bits per heavy atom. The number of nitrogens with one attached hydrogen (secondary N) is 1. The Morgan fingerprint density at radius 3 is 2.40 bits per heavy atom. The maximum atomic E-state index is 3.86. The average Bonchev–Trinajstić information content (AvgIpc) is 2.29. The van der Waals surface area contributed by atoms with Crippen molar-refractivity contribution in [1.29, 1.82) is 0 Å². The normalized spacial score (nSPS) is 39.0. The topological polar surface area (TPSA) is 15.3 Å². The van der Waals surface area contributed by atoms with E-state index in [1.807, 2.05) is 0 Å². The van der Waals surface area contributed by atoms with Gasteiger partial charge in [-0.05, 0) is 44.7 Å². The molecule has 3 aliphatic heterocycles. The van der Waals surface area contributed by atoms with E-state index < -0.39 is 0 Å². The van der Waals surface area contributed by atoms with Crippen LogP contribution in [0.5, 0.6) is 0 Å². The van der Waals surface area contributed by atoms with E-state index in [9.17, 15) is 0 Å². The second kappa shape index (κ2) is 4.84. The van der Waals surface area contributed by atoms with Gasteiger partial charge in [0.1, 0.15) is 0 Å². The van der Waals surface area contributed by atoms with Crippen LogP contribution in [0.4, 0.5) is 0 Å². The molecule has 3 unspecified atom stereocenters. The molecule has 3 aliphatic rings. The van der Waals surface area contributed by atoms with Gasteiger partial charge in [0.2, 0.25) is 0 Å². The van der Waals surface area contributed by atoms with Crippen LogP contribution in [0.3, 0.4) is 0 Å². The quantitative estimate of drug-likeness (QED) is 0.764. The van der Waals surface area contributed by atoms with Crippen molar-refractivity contribution in [2.45, 2.75) is 52.1 Å². The Bertz CT molecular complexity index is 197. The first-order valence-electron chi connectivity index (χ1n) is 6.69. The van der Waals surface area contributed by atoms with Crippen molar-refractivity contribution in [3.05, 3.63) is 0 Å². The van der Waals surface area contributed by atoms with Gasteiger partial charge < -0.3 is 10.2 Å². The number of piperidine rings is 3. The van der Waals surface area contributed by atoms with Gasteiger partial charge in [-0.15, -0.1) is 0 Å². The van der Waals surface area contributed by atoms with Crippen LogP contribution in [0.15, 0.2) is 0 Å². The minimum atomic E-state index is 0.681. The summed E-state index contributed by atoms with van der Waals surface area (Å²) in [5, 5.41) is 3.86. The van der Waals surface area contributed by atoms with E-state index in [4.69, 9.17) is 0 Å². The molecule has 3 fully saturated rings. The Balaban J connectivity index is 1.84. The fourth-order valence-electron chi connectivity index (χ4n) is 3.01. The maximum Gasteiger partial charge on any atom is 0.0226 e. The Labute approximate surface area is 94.4 Å². The van der Waals surface area contributed by atoms with Crippen LogP contribution in [-0.2, 0) is 0 Å². The zero-order chi connectivity index (χ0) is 10.8. The first kappa shape index (κ1) is 11.4. The van der Waals surface area contributed by atoms with Gasteiger partial charge in [-0.1, -0.05) is 20.3 Å². The minimum Gasteiger partial charge on any atom is -0.310 e. The summed E-state index contributed by atoms with van der Waals surface area (Å²) in [6.45, 7) is 11.0. The summed E-state index contributed by atoms with van der Waals surface area (Å²) >= 11 is 0. The average molecular weight is 210 g/mol. The van der Waals surface area contributed by atoms with Crippen molar-refractivity contribution in [3.63, 3.8) is 0 Å². The molecule has 0 radical (unpaired) electrons. The zero-order valence-corrected chi connectivity index (χ0v) is 10.5.